The molecule has 0 spiro atoms. The summed E-state index contributed by atoms with van der Waals surface area (Å²) in [6.45, 7) is 2.40. The van der Waals surface area contributed by atoms with Crippen LogP contribution < -0.4 is 10.5 Å². The molecule has 282 valence electrons. The molecule has 0 radical (unpaired) electrons. The van der Waals surface area contributed by atoms with Gasteiger partial charge in [-0.2, -0.15) is 4.98 Å². The van der Waals surface area contributed by atoms with Crippen LogP contribution in [0.15, 0.2) is 137 Å². The van der Waals surface area contributed by atoms with Gasteiger partial charge < -0.3 is 14.2 Å². The minimum Gasteiger partial charge on any atom is -0.456 e. The first-order chi connectivity index (χ1) is 27.1. The lowest BCUT2D eigenvalue weighted by Gasteiger charge is -2.25. The number of imidazole rings is 1. The molecule has 2 aromatic heterocycles. The second-order valence-corrected chi connectivity index (χ2v) is 13.7. The van der Waals surface area contributed by atoms with E-state index >= 15 is 0 Å². The topological polar surface area (TPSA) is 169 Å². The monoisotopic (exact) mass is 771 g/mol. The van der Waals surface area contributed by atoms with Crippen molar-refractivity contribution in [1.29, 1.82) is 0 Å². The number of carbonyl (C=O) groups excluding carboxylic acids is 5. The van der Waals surface area contributed by atoms with Crippen LogP contribution in [0, 0.1) is 0 Å². The first-order valence-electron chi connectivity index (χ1n) is 17.4. The van der Waals surface area contributed by atoms with Gasteiger partial charge in [0.15, 0.2) is 29.6 Å². The molecule has 0 unspecified atom stereocenters. The molecule has 4 atom stereocenters. The van der Waals surface area contributed by atoms with E-state index in [1.807, 2.05) is 30.3 Å². The standard InChI is InChI=1S/C41H33N5O9S/c1-25(47)53-33-31(23-56-30-21-13-6-14-22-30)55-40(34(33)54-26(2)48)44-24-42-32-35(44)43-41(46(39(32)52)38(51)29-19-11-5-12-20-29)45(36(49)27-15-7-3-8-16-27)37(50)28-17-9-4-10-18-28/h3-22,24,31,33-34,40H,23H2,1-2H3/t31-,33-,34-,40-/m1/s1. The molecule has 7 rings (SSSR count). The van der Waals surface area contributed by atoms with Crippen LogP contribution >= 0.6 is 11.8 Å². The number of anilines is 1. The molecule has 56 heavy (non-hydrogen) atoms. The fourth-order valence-electron chi connectivity index (χ4n) is 6.29. The quantitative estimate of drug-likeness (QED) is 0.100. The smallest absolute Gasteiger partial charge is 0.303 e. The first kappa shape index (κ1) is 37.6. The fourth-order valence-corrected chi connectivity index (χ4v) is 7.27. The average Bonchev–Trinajstić information content (AvgIpc) is 3.78. The molecule has 0 N–H and O–H groups in total. The van der Waals surface area contributed by atoms with E-state index in [2.05, 4.69) is 4.98 Å². The van der Waals surface area contributed by atoms with E-state index in [0.717, 1.165) is 4.90 Å². The Morgan fingerprint density at radius 2 is 1.21 bits per heavy atom. The van der Waals surface area contributed by atoms with Crippen molar-refractivity contribution >= 4 is 58.5 Å². The maximum absolute atomic E-state index is 14.6. The third-order valence-corrected chi connectivity index (χ3v) is 9.87. The van der Waals surface area contributed by atoms with Crippen LogP contribution in [0.2, 0.25) is 0 Å². The molecular formula is C41H33N5O9S. The van der Waals surface area contributed by atoms with Gasteiger partial charge in [0.25, 0.3) is 23.3 Å². The van der Waals surface area contributed by atoms with E-state index in [4.69, 9.17) is 19.2 Å². The summed E-state index contributed by atoms with van der Waals surface area (Å²) in [6, 6.07) is 33.0. The number of hydrogen-bond donors (Lipinski definition) is 0. The molecule has 6 aromatic rings. The lowest BCUT2D eigenvalue weighted by atomic mass is 10.1. The van der Waals surface area contributed by atoms with Crippen LogP contribution in [0.25, 0.3) is 11.2 Å². The van der Waals surface area contributed by atoms with E-state index < -0.39 is 65.7 Å². The van der Waals surface area contributed by atoms with Gasteiger partial charge in [-0.25, -0.2) is 14.5 Å². The molecular weight excluding hydrogens is 739 g/mol. The van der Waals surface area contributed by atoms with Crippen molar-refractivity contribution < 1.29 is 38.2 Å². The summed E-state index contributed by atoms with van der Waals surface area (Å²) in [6.07, 6.45) is -3.28. The third-order valence-electron chi connectivity index (χ3n) is 8.77. The predicted octanol–water partition coefficient (Wildman–Crippen LogP) is 5.32. The Morgan fingerprint density at radius 3 is 1.75 bits per heavy atom. The summed E-state index contributed by atoms with van der Waals surface area (Å²) in [5.41, 5.74) is -1.35. The normalized spacial score (nSPS) is 17.6. The van der Waals surface area contributed by atoms with E-state index in [0.29, 0.717) is 9.47 Å². The summed E-state index contributed by atoms with van der Waals surface area (Å²) in [4.78, 5) is 93.2. The predicted molar refractivity (Wildman–Crippen MR) is 204 cm³/mol. The minimum absolute atomic E-state index is 0.0627. The molecule has 0 aliphatic carbocycles. The van der Waals surface area contributed by atoms with Crippen molar-refractivity contribution in [2.45, 2.75) is 43.3 Å². The summed E-state index contributed by atoms with van der Waals surface area (Å²) in [7, 11) is 0. The molecule has 14 nitrogen and oxygen atoms in total. The number of thioether (sulfide) groups is 1. The highest BCUT2D eigenvalue weighted by Crippen LogP contribution is 2.38. The van der Waals surface area contributed by atoms with Gasteiger partial charge >= 0.3 is 11.9 Å². The number of esters is 2. The lowest BCUT2D eigenvalue weighted by molar-refractivity contribution is -0.165. The van der Waals surface area contributed by atoms with Crippen LogP contribution in [0.3, 0.4) is 0 Å². The maximum Gasteiger partial charge on any atom is 0.303 e. The zero-order valence-corrected chi connectivity index (χ0v) is 30.8. The second-order valence-electron chi connectivity index (χ2n) is 12.6. The van der Waals surface area contributed by atoms with E-state index in [-0.39, 0.29) is 33.6 Å². The zero-order chi connectivity index (χ0) is 39.3. The number of amides is 2. The van der Waals surface area contributed by atoms with Gasteiger partial charge in [0, 0.05) is 41.2 Å². The van der Waals surface area contributed by atoms with Crippen molar-refractivity contribution in [3.8, 4) is 0 Å². The number of aromatic nitrogens is 4. The Balaban J connectivity index is 1.43. The molecule has 1 aliphatic heterocycles. The van der Waals surface area contributed by atoms with Crippen LogP contribution in [0.4, 0.5) is 5.95 Å². The van der Waals surface area contributed by atoms with Gasteiger partial charge in [-0.15, -0.1) is 11.8 Å². The van der Waals surface area contributed by atoms with Crippen molar-refractivity contribution in [3.63, 3.8) is 0 Å². The molecule has 0 saturated carbocycles. The molecule has 1 saturated heterocycles. The first-order valence-corrected chi connectivity index (χ1v) is 18.4. The van der Waals surface area contributed by atoms with Gasteiger partial charge in [0.05, 0.1) is 6.33 Å². The second kappa shape index (κ2) is 16.3. The zero-order valence-electron chi connectivity index (χ0n) is 30.0. The van der Waals surface area contributed by atoms with Gasteiger partial charge in [0.2, 0.25) is 5.95 Å². The number of rotatable bonds is 10. The van der Waals surface area contributed by atoms with Crippen LogP contribution in [-0.2, 0) is 23.8 Å². The van der Waals surface area contributed by atoms with Crippen molar-refractivity contribution in [1.82, 2.24) is 19.1 Å². The lowest BCUT2D eigenvalue weighted by Crippen LogP contribution is -2.43. The summed E-state index contributed by atoms with van der Waals surface area (Å²) in [5, 5.41) is 0. The molecule has 0 bridgehead atoms. The summed E-state index contributed by atoms with van der Waals surface area (Å²) >= 11 is 1.42. The highest BCUT2D eigenvalue weighted by atomic mass is 32.2. The average molecular weight is 772 g/mol. The van der Waals surface area contributed by atoms with Crippen LogP contribution in [0.1, 0.15) is 51.1 Å². The number of hydrogen-bond acceptors (Lipinski definition) is 12. The molecule has 3 heterocycles. The van der Waals surface area contributed by atoms with Gasteiger partial charge in [-0.3, -0.25) is 33.3 Å². The Morgan fingerprint density at radius 1 is 0.714 bits per heavy atom. The van der Waals surface area contributed by atoms with E-state index in [9.17, 15) is 28.8 Å². The molecule has 1 fully saturated rings. The largest absolute Gasteiger partial charge is 0.456 e. The SMILES string of the molecule is CC(=O)O[C@@H]1[C@H](OC(C)=O)[C@@H](CSc2ccccc2)O[C@H]1n1cnc2c(=O)n(C(=O)c3ccccc3)c(N(C(=O)c3ccccc3)C(=O)c3ccccc3)nc21. The van der Waals surface area contributed by atoms with Crippen LogP contribution in [-0.4, -0.2) is 72.8 Å². The number of carbonyl (C=O) groups is 5. The van der Waals surface area contributed by atoms with Crippen molar-refractivity contribution in [3.05, 3.63) is 155 Å². The van der Waals surface area contributed by atoms with Gasteiger partial charge in [0.1, 0.15) is 6.10 Å². The number of fused-ring (bicyclic) bond motifs is 1. The third kappa shape index (κ3) is 7.62. The minimum atomic E-state index is -1.28. The van der Waals surface area contributed by atoms with Gasteiger partial charge in [-0.05, 0) is 48.5 Å². The Kier molecular flexibility index (Phi) is 11.0. The number of benzene rings is 4. The number of ether oxygens (including phenoxy) is 3. The number of nitrogens with zero attached hydrogens (tertiary/aromatic N) is 5. The van der Waals surface area contributed by atoms with Crippen molar-refractivity contribution in [2.75, 3.05) is 10.7 Å². The Labute approximate surface area is 323 Å². The Bertz CT molecular complexity index is 2430. The van der Waals surface area contributed by atoms with Crippen molar-refractivity contribution in [2.24, 2.45) is 0 Å². The molecule has 2 amide bonds. The summed E-state index contributed by atoms with van der Waals surface area (Å²) < 4.78 is 19.8. The van der Waals surface area contributed by atoms with Crippen LogP contribution in [0.5, 0.6) is 0 Å². The van der Waals surface area contributed by atoms with E-state index in [1.54, 1.807) is 54.6 Å². The van der Waals surface area contributed by atoms with E-state index in [1.165, 1.54) is 72.9 Å². The fraction of sp³-hybridized carbons (Fsp3) is 0.171. The highest BCUT2D eigenvalue weighted by Gasteiger charge is 2.50. The molecule has 1 aliphatic rings. The van der Waals surface area contributed by atoms with Gasteiger partial charge in [-0.1, -0.05) is 72.8 Å². The maximum atomic E-state index is 14.6. The highest BCUT2D eigenvalue weighted by molar-refractivity contribution is 7.99. The number of imide groups is 1. The molecule has 15 heteroatoms. The molecule has 4 aromatic carbocycles. The Hall–Kier alpha value is -6.71. The summed E-state index contributed by atoms with van der Waals surface area (Å²) in [5.74, 6) is -4.38.